The molecule has 1 aromatic heterocycles. The summed E-state index contributed by atoms with van der Waals surface area (Å²) in [4.78, 5) is 55.1. The van der Waals surface area contributed by atoms with E-state index in [2.05, 4.69) is 20.7 Å². The lowest BCUT2D eigenvalue weighted by atomic mass is 10.0. The molecule has 1 aliphatic heterocycles. The van der Waals surface area contributed by atoms with Crippen molar-refractivity contribution in [2.75, 3.05) is 32.8 Å². The predicted octanol–water partition coefficient (Wildman–Crippen LogP) is 4.70. The number of benzene rings is 2. The fourth-order valence-corrected chi connectivity index (χ4v) is 6.80. The number of carboxylic acid groups (broad SMARTS) is 1. The number of nitrogens with one attached hydrogen (secondary N) is 4. The highest BCUT2D eigenvalue weighted by Gasteiger charge is 2.50. The summed E-state index contributed by atoms with van der Waals surface area (Å²) in [6, 6.07) is 9.17. The smallest absolute Gasteiger partial charge is 0.410 e. The van der Waals surface area contributed by atoms with Gasteiger partial charge in [-0.05, 0) is 41.8 Å². The Morgan fingerprint density at radius 1 is 1.14 bits per heavy atom. The first kappa shape index (κ1) is 35.8. The van der Waals surface area contributed by atoms with Gasteiger partial charge in [0.15, 0.2) is 5.67 Å². The number of nitrogens with zero attached hydrogens (tertiary/aromatic N) is 4. The number of amidine groups is 1. The van der Waals surface area contributed by atoms with Gasteiger partial charge in [-0.2, -0.15) is 8.78 Å². The predicted molar refractivity (Wildman–Crippen MR) is 175 cm³/mol. The van der Waals surface area contributed by atoms with Gasteiger partial charge in [0.2, 0.25) is 11.8 Å². The molecule has 1 saturated heterocycles. The van der Waals surface area contributed by atoms with E-state index in [1.807, 2.05) is 5.32 Å². The van der Waals surface area contributed by atoms with Crippen molar-refractivity contribution in [1.29, 1.82) is 5.41 Å². The Kier molecular flexibility index (Phi) is 10.4. The largest absolute Gasteiger partial charge is 0.465 e. The van der Waals surface area contributed by atoms with Crippen molar-refractivity contribution in [3.05, 3.63) is 91.5 Å². The molecule has 3 atom stereocenters. The number of ether oxygens (including phenoxy) is 1. The van der Waals surface area contributed by atoms with Gasteiger partial charge in [0, 0.05) is 50.4 Å². The highest BCUT2D eigenvalue weighted by Crippen LogP contribution is 2.51. The van der Waals surface area contributed by atoms with Crippen LogP contribution in [0.25, 0.3) is 21.6 Å². The molecule has 2 aromatic carbocycles. The van der Waals surface area contributed by atoms with E-state index < -0.39 is 73.6 Å². The Balaban J connectivity index is 1.28. The van der Waals surface area contributed by atoms with E-state index in [1.165, 1.54) is 41.8 Å². The minimum atomic E-state index is -3.24. The molecule has 14 nitrogen and oxygen atoms in total. The number of hydrogen-bond donors (Lipinski definition) is 5. The molecule has 0 saturated carbocycles. The summed E-state index contributed by atoms with van der Waals surface area (Å²) in [7, 11) is 0. The molecule has 1 fully saturated rings. The molecule has 1 unspecified atom stereocenters. The van der Waals surface area contributed by atoms with Crippen LogP contribution in [-0.2, 0) is 20.2 Å². The van der Waals surface area contributed by atoms with Gasteiger partial charge in [-0.15, -0.1) is 11.3 Å². The zero-order chi connectivity index (χ0) is 36.2. The van der Waals surface area contributed by atoms with Gasteiger partial charge in [0.05, 0.1) is 32.3 Å². The number of amides is 4. The van der Waals surface area contributed by atoms with Crippen molar-refractivity contribution in [3.8, 4) is 11.1 Å². The van der Waals surface area contributed by atoms with E-state index in [1.54, 1.807) is 13.0 Å². The van der Waals surface area contributed by atoms with Crippen LogP contribution in [0.4, 0.5) is 18.0 Å². The first-order valence-electron chi connectivity index (χ1n) is 15.2. The molecular weight excluding hydrogens is 681 g/mol. The highest BCUT2D eigenvalue weighted by molar-refractivity contribution is 7.10. The minimum Gasteiger partial charge on any atom is -0.465 e. The fourth-order valence-electron chi connectivity index (χ4n) is 5.89. The molecule has 3 aromatic rings. The maximum Gasteiger partial charge on any atom is 0.410 e. The standard InChI is InChI=1S/C32H31F3N8O6S/c1-17(25-11-19(14-50-25)27(36)41-30(47)48)40-29(46)24-12-31(33,16-49-9-8-39-42-37)15-43(24)26(44)13-38-28(45)18-6-7-23-21(10-18)20-4-2-3-5-22(20)32(23,34)35/h2-7,10-11,14,17,24H,8-9,12-13,15-16H2,1H3,(H2,36,41)(H,38,45)(H,40,46)(H,47,48)/t17?,24-,31+/m0/s1. The van der Waals surface area contributed by atoms with Gasteiger partial charge in [-0.3, -0.25) is 25.1 Å². The monoisotopic (exact) mass is 712 g/mol. The van der Waals surface area contributed by atoms with Gasteiger partial charge < -0.3 is 25.4 Å². The van der Waals surface area contributed by atoms with E-state index >= 15 is 4.39 Å². The topological polar surface area (TPSA) is 210 Å². The van der Waals surface area contributed by atoms with Crippen molar-refractivity contribution in [1.82, 2.24) is 20.9 Å². The first-order chi connectivity index (χ1) is 23.7. The summed E-state index contributed by atoms with van der Waals surface area (Å²) in [6.07, 6.45) is -1.86. The molecule has 2 heterocycles. The molecule has 0 bridgehead atoms. The Labute approximate surface area is 286 Å². The summed E-state index contributed by atoms with van der Waals surface area (Å²) in [5, 5.41) is 28.7. The molecule has 1 aliphatic carbocycles. The van der Waals surface area contributed by atoms with Crippen LogP contribution >= 0.6 is 11.3 Å². The van der Waals surface area contributed by atoms with Crippen LogP contribution in [-0.4, -0.2) is 84.2 Å². The molecule has 4 amide bonds. The van der Waals surface area contributed by atoms with E-state index in [0.29, 0.717) is 4.88 Å². The van der Waals surface area contributed by atoms with E-state index in [4.69, 9.17) is 20.8 Å². The number of halogens is 3. The normalized spacial score (nSPS) is 19.0. The van der Waals surface area contributed by atoms with Gasteiger partial charge in [-0.1, -0.05) is 35.4 Å². The molecule has 5 rings (SSSR count). The molecule has 50 heavy (non-hydrogen) atoms. The molecule has 2 aliphatic rings. The summed E-state index contributed by atoms with van der Waals surface area (Å²) in [6.45, 7) is -0.244. The number of azide groups is 1. The number of rotatable bonds is 12. The second-order valence-corrected chi connectivity index (χ2v) is 12.7. The molecule has 262 valence electrons. The maximum absolute atomic E-state index is 16.0. The quantitative estimate of drug-likeness (QED) is 0.0448. The average molecular weight is 713 g/mol. The summed E-state index contributed by atoms with van der Waals surface area (Å²) in [5.74, 6) is -5.84. The number of alkyl halides is 3. The number of hydrogen-bond acceptors (Lipinski definition) is 8. The summed E-state index contributed by atoms with van der Waals surface area (Å²) < 4.78 is 51.3. The third kappa shape index (κ3) is 7.56. The van der Waals surface area contributed by atoms with Crippen molar-refractivity contribution >= 4 is 41.0 Å². The molecular formula is C32H31F3N8O6S. The minimum absolute atomic E-state index is 0.0174. The van der Waals surface area contributed by atoms with Crippen LogP contribution in [0.3, 0.4) is 0 Å². The zero-order valence-electron chi connectivity index (χ0n) is 26.4. The lowest BCUT2D eigenvalue weighted by Gasteiger charge is -2.25. The number of carbonyl (C=O) groups is 4. The van der Waals surface area contributed by atoms with Crippen molar-refractivity contribution in [3.63, 3.8) is 0 Å². The van der Waals surface area contributed by atoms with Crippen molar-refractivity contribution in [2.45, 2.75) is 37.0 Å². The van der Waals surface area contributed by atoms with Crippen LogP contribution in [0.5, 0.6) is 0 Å². The van der Waals surface area contributed by atoms with Crippen LogP contribution < -0.4 is 16.0 Å². The van der Waals surface area contributed by atoms with Crippen molar-refractivity contribution < 1.29 is 42.2 Å². The molecule has 0 spiro atoms. The van der Waals surface area contributed by atoms with Gasteiger partial charge >= 0.3 is 6.09 Å². The van der Waals surface area contributed by atoms with Crippen LogP contribution in [0.1, 0.15) is 51.3 Å². The lowest BCUT2D eigenvalue weighted by molar-refractivity contribution is -0.138. The van der Waals surface area contributed by atoms with Crippen molar-refractivity contribution in [2.24, 2.45) is 5.11 Å². The summed E-state index contributed by atoms with van der Waals surface area (Å²) in [5.41, 5.74) is 6.60. The second-order valence-electron chi connectivity index (χ2n) is 11.7. The molecule has 0 radical (unpaired) electrons. The Bertz CT molecular complexity index is 1900. The van der Waals surface area contributed by atoms with Crippen LogP contribution in [0.2, 0.25) is 0 Å². The Morgan fingerprint density at radius 3 is 2.62 bits per heavy atom. The van der Waals surface area contributed by atoms with Crippen LogP contribution in [0, 0.1) is 5.41 Å². The number of likely N-dealkylation sites (tertiary alicyclic amines) is 1. The van der Waals surface area contributed by atoms with E-state index in [0.717, 1.165) is 22.3 Å². The number of fused-ring (bicyclic) bond motifs is 3. The van der Waals surface area contributed by atoms with Gasteiger partial charge in [0.1, 0.15) is 11.9 Å². The SMILES string of the molecule is CC(NC(=O)[C@@H]1C[C@](F)(COCCN=[N+]=[N-])CN1C(=O)CNC(=O)c1ccc2c(c1)-c1ccccc1C2(F)F)c1cc(C(=N)NC(=O)O)cs1. The van der Waals surface area contributed by atoms with E-state index in [9.17, 15) is 28.0 Å². The third-order valence-corrected chi connectivity index (χ3v) is 9.39. The Morgan fingerprint density at radius 2 is 1.88 bits per heavy atom. The zero-order valence-corrected chi connectivity index (χ0v) is 27.2. The first-order valence-corrected chi connectivity index (χ1v) is 16.1. The maximum atomic E-state index is 16.0. The van der Waals surface area contributed by atoms with Gasteiger partial charge in [-0.25, -0.2) is 9.18 Å². The fraction of sp³-hybridized carbons (Fsp3) is 0.344. The van der Waals surface area contributed by atoms with Gasteiger partial charge in [0.25, 0.3) is 11.8 Å². The second kappa shape index (κ2) is 14.6. The summed E-state index contributed by atoms with van der Waals surface area (Å²) >= 11 is 1.15. The van der Waals surface area contributed by atoms with Crippen LogP contribution in [0.15, 0.2) is 59.0 Å². The number of carbonyl (C=O) groups excluding carboxylic acids is 3. The molecule has 18 heteroatoms. The van der Waals surface area contributed by atoms with E-state index in [-0.39, 0.29) is 52.4 Å². The molecule has 5 N–H and O–H groups in total. The Hall–Kier alpha value is -5.45. The highest BCUT2D eigenvalue weighted by atomic mass is 32.1. The average Bonchev–Trinajstić information content (AvgIpc) is 3.77. The third-order valence-electron chi connectivity index (χ3n) is 8.27. The number of thiophene rings is 1. The lowest BCUT2D eigenvalue weighted by Crippen LogP contribution is -2.49.